The predicted molar refractivity (Wildman–Crippen MR) is 81.4 cm³/mol. The highest BCUT2D eigenvalue weighted by atomic mass is 15.4. The summed E-state index contributed by atoms with van der Waals surface area (Å²) >= 11 is 0. The molecule has 0 spiro atoms. The third-order valence-corrected chi connectivity index (χ3v) is 5.70. The summed E-state index contributed by atoms with van der Waals surface area (Å²) in [5, 5.41) is 4.20. The van der Waals surface area contributed by atoms with Crippen molar-refractivity contribution in [1.82, 2.24) is 19.5 Å². The number of aromatic nitrogens is 3. The van der Waals surface area contributed by atoms with Crippen molar-refractivity contribution in [2.24, 2.45) is 11.8 Å². The summed E-state index contributed by atoms with van der Waals surface area (Å²) in [6.07, 6.45) is 8.21. The van der Waals surface area contributed by atoms with E-state index in [0.717, 1.165) is 42.4 Å². The van der Waals surface area contributed by atoms with Crippen molar-refractivity contribution in [3.63, 3.8) is 0 Å². The van der Waals surface area contributed by atoms with Crippen molar-refractivity contribution >= 4 is 11.5 Å². The Bertz CT molecular complexity index is 647. The largest absolute Gasteiger partial charge is 0.353 e. The minimum absolute atomic E-state index is 0.749. The van der Waals surface area contributed by atoms with Gasteiger partial charge in [-0.25, -0.2) is 9.50 Å². The molecule has 110 valence electrons. The van der Waals surface area contributed by atoms with Gasteiger partial charge in [0.2, 0.25) is 0 Å². The lowest BCUT2D eigenvalue weighted by Crippen LogP contribution is -2.59. The van der Waals surface area contributed by atoms with Gasteiger partial charge in [0, 0.05) is 44.5 Å². The van der Waals surface area contributed by atoms with Gasteiger partial charge < -0.3 is 4.90 Å². The first kappa shape index (κ1) is 12.0. The van der Waals surface area contributed by atoms with Crippen LogP contribution in [-0.4, -0.2) is 51.7 Å². The van der Waals surface area contributed by atoms with E-state index < -0.39 is 0 Å². The molecule has 0 radical (unpaired) electrons. The number of hydrogen-bond donors (Lipinski definition) is 0. The lowest BCUT2D eigenvalue weighted by atomic mass is 10.0. The Morgan fingerprint density at radius 2 is 1.81 bits per heavy atom. The molecule has 0 amide bonds. The van der Waals surface area contributed by atoms with E-state index in [2.05, 4.69) is 25.9 Å². The Morgan fingerprint density at radius 1 is 1.00 bits per heavy atom. The predicted octanol–water partition coefficient (Wildman–Crippen LogP) is 1.65. The lowest BCUT2D eigenvalue weighted by molar-refractivity contribution is 0.190. The molecule has 1 aliphatic carbocycles. The van der Waals surface area contributed by atoms with Crippen LogP contribution in [0.25, 0.3) is 5.65 Å². The number of anilines is 1. The summed E-state index contributed by atoms with van der Waals surface area (Å²) in [4.78, 5) is 9.82. The summed E-state index contributed by atoms with van der Waals surface area (Å²) < 4.78 is 1.82. The molecule has 3 fully saturated rings. The fraction of sp³-hybridized carbons (Fsp3) is 0.625. The zero-order chi connectivity index (χ0) is 13.8. The van der Waals surface area contributed by atoms with Gasteiger partial charge in [-0.2, -0.15) is 5.10 Å². The molecule has 0 aromatic carbocycles. The van der Waals surface area contributed by atoms with E-state index in [1.807, 2.05) is 16.8 Å². The topological polar surface area (TPSA) is 36.7 Å². The van der Waals surface area contributed by atoms with Gasteiger partial charge in [-0.05, 0) is 30.7 Å². The molecule has 0 bridgehead atoms. The van der Waals surface area contributed by atoms with E-state index in [1.54, 1.807) is 6.20 Å². The van der Waals surface area contributed by atoms with Crippen LogP contribution in [0.4, 0.5) is 5.82 Å². The molecule has 1 saturated carbocycles. The maximum Gasteiger partial charge on any atom is 0.157 e. The zero-order valence-electron chi connectivity index (χ0n) is 12.2. The van der Waals surface area contributed by atoms with Gasteiger partial charge in [0.15, 0.2) is 5.65 Å². The van der Waals surface area contributed by atoms with E-state index in [9.17, 15) is 0 Å². The first-order valence-corrected chi connectivity index (χ1v) is 8.16. The summed E-state index contributed by atoms with van der Waals surface area (Å²) in [6, 6.07) is 4.79. The second-order valence-electron chi connectivity index (χ2n) is 6.88. The maximum absolute atomic E-state index is 4.68. The molecule has 2 aliphatic heterocycles. The van der Waals surface area contributed by atoms with Crippen LogP contribution in [0, 0.1) is 11.8 Å². The fourth-order valence-electron chi connectivity index (χ4n) is 4.42. The molecule has 5 nitrogen and oxygen atoms in total. The van der Waals surface area contributed by atoms with Crippen LogP contribution in [0.5, 0.6) is 0 Å². The average Bonchev–Trinajstić information content (AvgIpc) is 3.10. The third kappa shape index (κ3) is 1.87. The molecule has 21 heavy (non-hydrogen) atoms. The second kappa shape index (κ2) is 4.44. The quantitative estimate of drug-likeness (QED) is 0.840. The van der Waals surface area contributed by atoms with Crippen LogP contribution in [0.3, 0.4) is 0 Å². The molecular formula is C16H21N5. The molecule has 0 N–H and O–H groups in total. The Kier molecular flexibility index (Phi) is 2.53. The summed E-state index contributed by atoms with van der Waals surface area (Å²) in [6.45, 7) is 4.96. The molecule has 5 rings (SSSR count). The Hall–Kier alpha value is -1.62. The minimum Gasteiger partial charge on any atom is -0.353 e. The minimum atomic E-state index is 0.749. The van der Waals surface area contributed by atoms with Crippen molar-refractivity contribution in [1.29, 1.82) is 0 Å². The smallest absolute Gasteiger partial charge is 0.157 e. The number of hydrogen-bond acceptors (Lipinski definition) is 4. The van der Waals surface area contributed by atoms with Gasteiger partial charge in [0.25, 0.3) is 0 Å². The second-order valence-corrected chi connectivity index (χ2v) is 6.88. The van der Waals surface area contributed by atoms with Gasteiger partial charge in [-0.1, -0.05) is 6.42 Å². The summed E-state index contributed by atoms with van der Waals surface area (Å²) in [5.41, 5.74) is 0.937. The standard InChI is InChI=1S/C16H21N5/c1-2-12-8-19(9-13(12)3-1)14-10-20(11-14)15-5-7-21-16(18-15)4-6-17-21/h4-7,12-14H,1-3,8-11H2. The normalized spacial score (nSPS) is 30.0. The highest BCUT2D eigenvalue weighted by molar-refractivity contribution is 5.49. The molecule has 2 aromatic rings. The SMILES string of the molecule is c1cc2nc(N3CC(N4CC5CCCC5C4)C3)ccn2n1. The highest BCUT2D eigenvalue weighted by Gasteiger charge is 2.42. The van der Waals surface area contributed by atoms with Crippen molar-refractivity contribution in [2.45, 2.75) is 25.3 Å². The highest BCUT2D eigenvalue weighted by Crippen LogP contribution is 2.39. The number of rotatable bonds is 2. The van der Waals surface area contributed by atoms with Crippen molar-refractivity contribution in [3.8, 4) is 0 Å². The van der Waals surface area contributed by atoms with Crippen LogP contribution < -0.4 is 4.90 Å². The first-order chi connectivity index (χ1) is 10.4. The Balaban J connectivity index is 1.26. The lowest BCUT2D eigenvalue weighted by Gasteiger charge is -2.45. The molecule has 2 saturated heterocycles. The Morgan fingerprint density at radius 3 is 2.62 bits per heavy atom. The van der Waals surface area contributed by atoms with Crippen LogP contribution in [-0.2, 0) is 0 Å². The van der Waals surface area contributed by atoms with Crippen molar-refractivity contribution in [3.05, 3.63) is 24.5 Å². The van der Waals surface area contributed by atoms with Crippen molar-refractivity contribution < 1.29 is 0 Å². The third-order valence-electron chi connectivity index (χ3n) is 5.70. The van der Waals surface area contributed by atoms with E-state index in [0.29, 0.717) is 0 Å². The molecule has 4 heterocycles. The van der Waals surface area contributed by atoms with E-state index in [1.165, 1.54) is 32.4 Å². The van der Waals surface area contributed by atoms with Crippen molar-refractivity contribution in [2.75, 3.05) is 31.1 Å². The van der Waals surface area contributed by atoms with Gasteiger partial charge in [0.05, 0.1) is 6.20 Å². The van der Waals surface area contributed by atoms with Crippen LogP contribution in [0.15, 0.2) is 24.5 Å². The van der Waals surface area contributed by atoms with Gasteiger partial charge in [-0.15, -0.1) is 0 Å². The van der Waals surface area contributed by atoms with Crippen LogP contribution in [0.2, 0.25) is 0 Å². The number of nitrogens with zero attached hydrogens (tertiary/aromatic N) is 5. The monoisotopic (exact) mass is 283 g/mol. The molecular weight excluding hydrogens is 262 g/mol. The molecule has 2 aromatic heterocycles. The zero-order valence-corrected chi connectivity index (χ0v) is 12.2. The van der Waals surface area contributed by atoms with Gasteiger partial charge in [0.1, 0.15) is 5.82 Å². The summed E-state index contributed by atoms with van der Waals surface area (Å²) in [7, 11) is 0. The van der Waals surface area contributed by atoms with E-state index >= 15 is 0 Å². The van der Waals surface area contributed by atoms with E-state index in [4.69, 9.17) is 0 Å². The average molecular weight is 283 g/mol. The van der Waals surface area contributed by atoms with Gasteiger partial charge >= 0.3 is 0 Å². The fourth-order valence-corrected chi connectivity index (χ4v) is 4.42. The van der Waals surface area contributed by atoms with Crippen LogP contribution >= 0.6 is 0 Å². The first-order valence-electron chi connectivity index (χ1n) is 8.16. The molecule has 3 aliphatic rings. The molecule has 5 heteroatoms. The van der Waals surface area contributed by atoms with E-state index in [-0.39, 0.29) is 0 Å². The van der Waals surface area contributed by atoms with Crippen LogP contribution in [0.1, 0.15) is 19.3 Å². The maximum atomic E-state index is 4.68. The molecule has 2 atom stereocenters. The molecule has 2 unspecified atom stereocenters. The number of likely N-dealkylation sites (tertiary alicyclic amines) is 1. The summed E-state index contributed by atoms with van der Waals surface area (Å²) in [5.74, 6) is 3.10. The van der Waals surface area contributed by atoms with Gasteiger partial charge in [-0.3, -0.25) is 4.90 Å². The number of fused-ring (bicyclic) bond motifs is 2. The Labute approximate surface area is 124 Å².